The lowest BCUT2D eigenvalue weighted by molar-refractivity contribution is -0.122. The topological polar surface area (TPSA) is 36.4 Å². The number of pyridine rings is 1. The molecule has 0 saturated carbocycles. The van der Waals surface area contributed by atoms with E-state index in [0.717, 1.165) is 61.1 Å². The van der Waals surface area contributed by atoms with E-state index in [1.807, 2.05) is 6.08 Å². The fraction of sp³-hybridized carbons (Fsp3) is 0.387. The summed E-state index contributed by atoms with van der Waals surface area (Å²) in [5.74, 6) is 2.20. The van der Waals surface area contributed by atoms with Crippen molar-refractivity contribution in [1.82, 2.24) is 9.88 Å². The minimum absolute atomic E-state index is 0.0208. The van der Waals surface area contributed by atoms with Crippen molar-refractivity contribution in [3.63, 3.8) is 0 Å². The Bertz CT molecular complexity index is 1330. The second-order valence-corrected chi connectivity index (χ2v) is 12.4. The van der Waals surface area contributed by atoms with Gasteiger partial charge in [-0.3, -0.25) is 9.69 Å². The molecule has 1 aromatic heterocycles. The number of hydrogen-bond donors (Lipinski definition) is 0. The van der Waals surface area contributed by atoms with Crippen molar-refractivity contribution in [2.45, 2.75) is 46.5 Å². The number of aromatic nitrogens is 1. The van der Waals surface area contributed by atoms with Crippen molar-refractivity contribution in [3.8, 4) is 0 Å². The van der Waals surface area contributed by atoms with Crippen LogP contribution in [0.5, 0.6) is 0 Å². The van der Waals surface area contributed by atoms with Crippen LogP contribution in [0.25, 0.3) is 17.0 Å². The highest BCUT2D eigenvalue weighted by Crippen LogP contribution is 2.36. The van der Waals surface area contributed by atoms with Crippen LogP contribution in [0.1, 0.15) is 49.8 Å². The van der Waals surface area contributed by atoms with Crippen molar-refractivity contribution in [3.05, 3.63) is 76.2 Å². The fourth-order valence-electron chi connectivity index (χ4n) is 5.18. The van der Waals surface area contributed by atoms with E-state index in [4.69, 9.17) is 17.2 Å². The molecule has 192 valence electrons. The summed E-state index contributed by atoms with van der Waals surface area (Å²) in [5.41, 5.74) is 4.62. The summed E-state index contributed by atoms with van der Waals surface area (Å²) < 4.78 is 0.657. The lowest BCUT2D eigenvalue weighted by atomic mass is 9.90. The molecule has 3 aromatic rings. The van der Waals surface area contributed by atoms with Gasteiger partial charge in [-0.05, 0) is 74.3 Å². The second kappa shape index (κ2) is 11.4. The first-order valence-electron chi connectivity index (χ1n) is 13.3. The monoisotopic (exact) mass is 529 g/mol. The maximum Gasteiger partial charge on any atom is 0.266 e. The summed E-state index contributed by atoms with van der Waals surface area (Å²) in [7, 11) is 0. The predicted octanol–water partition coefficient (Wildman–Crippen LogP) is 7.25. The standard InChI is InChI=1S/C31H35N3OS2/c1-21(2)11-16-34-30(35)28(37-31(34)36)20-26-19-25-17-22(3)9-10-27(25)32-29(26)33-14-12-24(13-15-33)18-23-7-5-4-6-8-23/h4-10,17,19-21,24H,11-16,18H2,1-3H3/b28-20-. The van der Waals surface area contributed by atoms with Crippen LogP contribution in [0, 0.1) is 18.8 Å². The van der Waals surface area contributed by atoms with Gasteiger partial charge in [0.25, 0.3) is 5.91 Å². The molecule has 5 rings (SSSR count). The number of anilines is 1. The molecule has 4 nitrogen and oxygen atoms in total. The zero-order chi connectivity index (χ0) is 25.9. The number of hydrogen-bond acceptors (Lipinski definition) is 5. The van der Waals surface area contributed by atoms with Crippen LogP contribution in [0.3, 0.4) is 0 Å². The average Bonchev–Trinajstić information content (AvgIpc) is 3.15. The summed E-state index contributed by atoms with van der Waals surface area (Å²) in [6.07, 6.45) is 6.37. The van der Waals surface area contributed by atoms with Crippen molar-refractivity contribution in [2.75, 3.05) is 24.5 Å². The van der Waals surface area contributed by atoms with Crippen LogP contribution in [0.15, 0.2) is 59.5 Å². The second-order valence-electron chi connectivity index (χ2n) is 10.7. The van der Waals surface area contributed by atoms with E-state index >= 15 is 0 Å². The highest BCUT2D eigenvalue weighted by molar-refractivity contribution is 8.26. The molecule has 0 unspecified atom stereocenters. The molecule has 2 aromatic carbocycles. The summed E-state index contributed by atoms with van der Waals surface area (Å²) in [6, 6.07) is 19.4. The third kappa shape index (κ3) is 6.07. The Morgan fingerprint density at radius 1 is 1.11 bits per heavy atom. The average molecular weight is 530 g/mol. The molecule has 0 radical (unpaired) electrons. The fourth-order valence-corrected chi connectivity index (χ4v) is 6.48. The summed E-state index contributed by atoms with van der Waals surface area (Å²) in [4.78, 5) is 23.3. The van der Waals surface area contributed by atoms with Crippen molar-refractivity contribution >= 4 is 57.0 Å². The summed E-state index contributed by atoms with van der Waals surface area (Å²) in [5, 5.41) is 1.10. The predicted molar refractivity (Wildman–Crippen MR) is 161 cm³/mol. The first kappa shape index (κ1) is 25.9. The number of rotatable bonds is 7. The number of nitrogens with zero attached hydrogens (tertiary/aromatic N) is 3. The third-order valence-corrected chi connectivity index (χ3v) is 8.73. The molecule has 0 N–H and O–H groups in total. The lowest BCUT2D eigenvalue weighted by Crippen LogP contribution is -2.35. The minimum Gasteiger partial charge on any atom is -0.356 e. The number of carbonyl (C=O) groups is 1. The molecule has 2 aliphatic rings. The van der Waals surface area contributed by atoms with Crippen LogP contribution in [-0.4, -0.2) is 39.7 Å². The van der Waals surface area contributed by atoms with Gasteiger partial charge in [-0.2, -0.15) is 0 Å². The number of amides is 1. The largest absolute Gasteiger partial charge is 0.356 e. The first-order chi connectivity index (χ1) is 17.9. The summed E-state index contributed by atoms with van der Waals surface area (Å²) in [6.45, 7) is 9.06. The lowest BCUT2D eigenvalue weighted by Gasteiger charge is -2.34. The SMILES string of the molecule is Cc1ccc2nc(N3CCC(Cc4ccccc4)CC3)c(/C=C3\SC(=S)N(CCC(C)C)C3=O)cc2c1. The van der Waals surface area contributed by atoms with Crippen LogP contribution in [0.4, 0.5) is 5.82 Å². The molecule has 0 spiro atoms. The first-order valence-corrected chi connectivity index (χ1v) is 14.6. The third-order valence-electron chi connectivity index (χ3n) is 7.35. The Morgan fingerprint density at radius 2 is 1.86 bits per heavy atom. The van der Waals surface area contributed by atoms with Gasteiger partial charge >= 0.3 is 0 Å². The molecule has 0 bridgehead atoms. The van der Waals surface area contributed by atoms with Gasteiger partial charge < -0.3 is 4.90 Å². The molecular formula is C31H35N3OS2. The van der Waals surface area contributed by atoms with Gasteiger partial charge in [0.15, 0.2) is 0 Å². The highest BCUT2D eigenvalue weighted by atomic mass is 32.2. The Balaban J connectivity index is 1.41. The van der Waals surface area contributed by atoms with E-state index in [9.17, 15) is 4.79 Å². The Labute approximate surface area is 230 Å². The maximum absolute atomic E-state index is 13.3. The normalized spacial score (nSPS) is 18.1. The smallest absolute Gasteiger partial charge is 0.266 e. The van der Waals surface area contributed by atoms with E-state index in [-0.39, 0.29) is 5.91 Å². The van der Waals surface area contributed by atoms with Gasteiger partial charge in [0.05, 0.1) is 10.4 Å². The molecule has 0 atom stereocenters. The van der Waals surface area contributed by atoms with Gasteiger partial charge in [0.1, 0.15) is 10.1 Å². The zero-order valence-electron chi connectivity index (χ0n) is 21.9. The van der Waals surface area contributed by atoms with Crippen LogP contribution in [-0.2, 0) is 11.2 Å². The van der Waals surface area contributed by atoms with Crippen LogP contribution >= 0.6 is 24.0 Å². The molecule has 0 aliphatic carbocycles. The highest BCUT2D eigenvalue weighted by Gasteiger charge is 2.32. The van der Waals surface area contributed by atoms with Crippen molar-refractivity contribution in [2.24, 2.45) is 11.8 Å². The number of piperidine rings is 1. The van der Waals surface area contributed by atoms with Gasteiger partial charge in [-0.15, -0.1) is 0 Å². The van der Waals surface area contributed by atoms with Gasteiger partial charge in [0, 0.05) is 30.6 Å². The minimum atomic E-state index is 0.0208. The molecule has 3 heterocycles. The Morgan fingerprint density at radius 3 is 2.59 bits per heavy atom. The Kier molecular flexibility index (Phi) is 7.96. The number of carbonyl (C=O) groups excluding carboxylic acids is 1. The number of benzene rings is 2. The van der Waals surface area contributed by atoms with Crippen LogP contribution in [0.2, 0.25) is 0 Å². The maximum atomic E-state index is 13.3. The molecule has 2 saturated heterocycles. The number of fused-ring (bicyclic) bond motifs is 1. The van der Waals surface area contributed by atoms with E-state index in [1.54, 1.807) is 4.90 Å². The molecule has 6 heteroatoms. The summed E-state index contributed by atoms with van der Waals surface area (Å²) >= 11 is 7.00. The van der Waals surface area contributed by atoms with Crippen LogP contribution < -0.4 is 4.90 Å². The number of aryl methyl sites for hydroxylation is 1. The molecule has 2 aliphatic heterocycles. The van der Waals surface area contributed by atoms with Gasteiger partial charge in [-0.25, -0.2) is 4.98 Å². The molecule has 2 fully saturated rings. The zero-order valence-corrected chi connectivity index (χ0v) is 23.6. The van der Waals surface area contributed by atoms with Crippen molar-refractivity contribution < 1.29 is 4.79 Å². The quantitative estimate of drug-likeness (QED) is 0.238. The van der Waals surface area contributed by atoms with E-state index in [1.165, 1.54) is 22.9 Å². The molecule has 37 heavy (non-hydrogen) atoms. The van der Waals surface area contributed by atoms with E-state index in [2.05, 4.69) is 80.3 Å². The Hall–Kier alpha value is -2.70. The van der Waals surface area contributed by atoms with Gasteiger partial charge in [-0.1, -0.05) is 79.8 Å². The number of thiocarbonyl (C=S) groups is 1. The van der Waals surface area contributed by atoms with E-state index in [0.29, 0.717) is 27.6 Å². The van der Waals surface area contributed by atoms with Crippen molar-refractivity contribution in [1.29, 1.82) is 0 Å². The van der Waals surface area contributed by atoms with E-state index < -0.39 is 0 Å². The number of thioether (sulfide) groups is 1. The molecule has 1 amide bonds. The van der Waals surface area contributed by atoms with Gasteiger partial charge in [0.2, 0.25) is 0 Å². The molecular weight excluding hydrogens is 494 g/mol.